The Balaban J connectivity index is 1.97. The monoisotopic (exact) mass is 271 g/mol. The molecule has 1 heterocycles. The summed E-state index contributed by atoms with van der Waals surface area (Å²) < 4.78 is 0. The molecule has 17 heavy (non-hydrogen) atoms. The molecule has 1 aromatic rings. The summed E-state index contributed by atoms with van der Waals surface area (Å²) in [5, 5.41) is 3.91. The molecule has 2 rings (SSSR count). The molecule has 96 valence electrons. The highest BCUT2D eigenvalue weighted by Crippen LogP contribution is 2.32. The smallest absolute Gasteiger partial charge is 0.0931 e. The standard InChI is InChI=1S/C14H22ClNS/c1-14(2,3)12-9-17-13(16-12)8-10-5-4-6-11(15)7-10/h9-11H,4-8H2,1-3H3. The minimum absolute atomic E-state index is 0.177. The molecule has 0 aliphatic heterocycles. The van der Waals surface area contributed by atoms with Gasteiger partial charge in [-0.15, -0.1) is 22.9 Å². The van der Waals surface area contributed by atoms with Crippen LogP contribution in [0.5, 0.6) is 0 Å². The summed E-state index contributed by atoms with van der Waals surface area (Å²) in [6.07, 6.45) is 6.11. The minimum Gasteiger partial charge on any atom is -0.246 e. The van der Waals surface area contributed by atoms with Gasteiger partial charge in [-0.2, -0.15) is 0 Å². The molecule has 0 aromatic carbocycles. The van der Waals surface area contributed by atoms with Crippen molar-refractivity contribution in [1.29, 1.82) is 0 Å². The lowest BCUT2D eigenvalue weighted by Gasteiger charge is -2.24. The molecule has 1 nitrogen and oxygen atoms in total. The maximum absolute atomic E-state index is 6.24. The fourth-order valence-corrected chi connectivity index (χ4v) is 3.95. The van der Waals surface area contributed by atoms with Gasteiger partial charge in [0.1, 0.15) is 0 Å². The van der Waals surface area contributed by atoms with E-state index in [2.05, 4.69) is 26.2 Å². The number of hydrogen-bond donors (Lipinski definition) is 0. The van der Waals surface area contributed by atoms with Crippen molar-refractivity contribution < 1.29 is 0 Å². The highest BCUT2D eigenvalue weighted by Gasteiger charge is 2.23. The first kappa shape index (κ1) is 13.4. The average molecular weight is 272 g/mol. The van der Waals surface area contributed by atoms with E-state index in [9.17, 15) is 0 Å². The van der Waals surface area contributed by atoms with Crippen LogP contribution in [-0.2, 0) is 11.8 Å². The van der Waals surface area contributed by atoms with Crippen molar-refractivity contribution in [3.63, 3.8) is 0 Å². The van der Waals surface area contributed by atoms with Gasteiger partial charge in [0.2, 0.25) is 0 Å². The molecular weight excluding hydrogens is 250 g/mol. The molecule has 3 heteroatoms. The van der Waals surface area contributed by atoms with Crippen LogP contribution in [0.25, 0.3) is 0 Å². The second-order valence-electron chi connectivity index (χ2n) is 6.21. The molecule has 1 aromatic heterocycles. The maximum Gasteiger partial charge on any atom is 0.0931 e. The van der Waals surface area contributed by atoms with Crippen LogP contribution >= 0.6 is 22.9 Å². The first-order chi connectivity index (χ1) is 7.95. The van der Waals surface area contributed by atoms with E-state index in [-0.39, 0.29) is 5.41 Å². The molecule has 0 saturated heterocycles. The molecule has 1 saturated carbocycles. The molecular formula is C14H22ClNS. The number of rotatable bonds is 2. The van der Waals surface area contributed by atoms with Gasteiger partial charge in [0, 0.05) is 22.6 Å². The molecule has 2 unspecified atom stereocenters. The van der Waals surface area contributed by atoms with Crippen molar-refractivity contribution >= 4 is 22.9 Å². The van der Waals surface area contributed by atoms with Crippen molar-refractivity contribution in [1.82, 2.24) is 4.98 Å². The Morgan fingerprint density at radius 2 is 2.18 bits per heavy atom. The summed E-state index contributed by atoms with van der Waals surface area (Å²) in [4.78, 5) is 4.78. The van der Waals surface area contributed by atoms with Gasteiger partial charge < -0.3 is 0 Å². The molecule has 0 radical (unpaired) electrons. The highest BCUT2D eigenvalue weighted by atomic mass is 35.5. The number of alkyl halides is 1. The number of thiazole rings is 1. The van der Waals surface area contributed by atoms with Crippen molar-refractivity contribution in [3.05, 3.63) is 16.1 Å². The Bertz CT molecular complexity index is 367. The van der Waals surface area contributed by atoms with E-state index < -0.39 is 0 Å². The molecule has 2 atom stereocenters. The van der Waals surface area contributed by atoms with Gasteiger partial charge in [-0.05, 0) is 25.2 Å². The maximum atomic E-state index is 6.24. The van der Waals surface area contributed by atoms with Crippen LogP contribution in [0.2, 0.25) is 0 Å². The second-order valence-corrected chi connectivity index (χ2v) is 7.77. The van der Waals surface area contributed by atoms with Crippen LogP contribution in [0.4, 0.5) is 0 Å². The van der Waals surface area contributed by atoms with E-state index in [1.807, 2.05) is 11.3 Å². The van der Waals surface area contributed by atoms with E-state index in [1.165, 1.54) is 36.4 Å². The third kappa shape index (κ3) is 3.69. The second kappa shape index (κ2) is 5.27. The fourth-order valence-electron chi connectivity index (χ4n) is 2.41. The topological polar surface area (TPSA) is 12.9 Å². The van der Waals surface area contributed by atoms with Gasteiger partial charge in [0.05, 0.1) is 10.7 Å². The Hall–Kier alpha value is -0.0800. The lowest BCUT2D eigenvalue weighted by molar-refractivity contribution is 0.360. The number of halogens is 1. The Morgan fingerprint density at radius 3 is 2.76 bits per heavy atom. The third-order valence-electron chi connectivity index (χ3n) is 3.50. The summed E-state index contributed by atoms with van der Waals surface area (Å²) >= 11 is 8.06. The minimum atomic E-state index is 0.177. The molecule has 0 bridgehead atoms. The van der Waals surface area contributed by atoms with Gasteiger partial charge in [0.25, 0.3) is 0 Å². The van der Waals surface area contributed by atoms with E-state index in [0.717, 1.165) is 12.3 Å². The average Bonchev–Trinajstić information content (AvgIpc) is 2.65. The van der Waals surface area contributed by atoms with Crippen LogP contribution in [0.15, 0.2) is 5.38 Å². The SMILES string of the molecule is CC(C)(C)c1csc(CC2CCCC(Cl)C2)n1. The Kier molecular flexibility index (Phi) is 4.14. The summed E-state index contributed by atoms with van der Waals surface area (Å²) in [5.74, 6) is 0.755. The van der Waals surface area contributed by atoms with E-state index in [1.54, 1.807) is 0 Å². The molecule has 1 aliphatic carbocycles. The largest absolute Gasteiger partial charge is 0.246 e. The zero-order valence-corrected chi connectivity index (χ0v) is 12.6. The van der Waals surface area contributed by atoms with Gasteiger partial charge in [0.15, 0.2) is 0 Å². The summed E-state index contributed by atoms with van der Waals surface area (Å²) in [6.45, 7) is 6.67. The van der Waals surface area contributed by atoms with Crippen LogP contribution in [-0.4, -0.2) is 10.4 Å². The van der Waals surface area contributed by atoms with Crippen LogP contribution in [0.3, 0.4) is 0 Å². The predicted octanol–water partition coefficient (Wildman–Crippen LogP) is 4.78. The quantitative estimate of drug-likeness (QED) is 0.706. The summed E-state index contributed by atoms with van der Waals surface area (Å²) in [7, 11) is 0. The molecule has 0 N–H and O–H groups in total. The molecule has 0 amide bonds. The molecule has 1 aliphatic rings. The molecule has 1 fully saturated rings. The van der Waals surface area contributed by atoms with E-state index in [4.69, 9.17) is 16.6 Å². The zero-order chi connectivity index (χ0) is 12.5. The van der Waals surface area contributed by atoms with Crippen LogP contribution in [0.1, 0.15) is 57.2 Å². The number of aromatic nitrogens is 1. The third-order valence-corrected chi connectivity index (χ3v) is 4.77. The van der Waals surface area contributed by atoms with Crippen molar-refractivity contribution in [2.75, 3.05) is 0 Å². The zero-order valence-electron chi connectivity index (χ0n) is 11.0. The predicted molar refractivity (Wildman–Crippen MR) is 76.1 cm³/mol. The van der Waals surface area contributed by atoms with Crippen molar-refractivity contribution in [3.8, 4) is 0 Å². The lowest BCUT2D eigenvalue weighted by Crippen LogP contribution is -2.17. The van der Waals surface area contributed by atoms with Gasteiger partial charge in [-0.25, -0.2) is 4.98 Å². The van der Waals surface area contributed by atoms with Crippen LogP contribution in [0, 0.1) is 5.92 Å². The summed E-state index contributed by atoms with van der Waals surface area (Å²) in [6, 6.07) is 0. The number of nitrogens with zero attached hydrogens (tertiary/aromatic N) is 1. The number of hydrogen-bond acceptors (Lipinski definition) is 2. The van der Waals surface area contributed by atoms with Gasteiger partial charge in [-0.3, -0.25) is 0 Å². The first-order valence-corrected chi connectivity index (χ1v) is 7.85. The Labute approximate surface area is 114 Å². The van der Waals surface area contributed by atoms with Crippen molar-refractivity contribution in [2.24, 2.45) is 5.92 Å². The first-order valence-electron chi connectivity index (χ1n) is 6.54. The van der Waals surface area contributed by atoms with E-state index >= 15 is 0 Å². The van der Waals surface area contributed by atoms with Gasteiger partial charge >= 0.3 is 0 Å². The van der Waals surface area contributed by atoms with Gasteiger partial charge in [-0.1, -0.05) is 27.2 Å². The lowest BCUT2D eigenvalue weighted by atomic mass is 9.87. The Morgan fingerprint density at radius 1 is 1.41 bits per heavy atom. The van der Waals surface area contributed by atoms with Crippen LogP contribution < -0.4 is 0 Å². The fraction of sp³-hybridized carbons (Fsp3) is 0.786. The van der Waals surface area contributed by atoms with Crippen molar-refractivity contribution in [2.45, 2.75) is 63.7 Å². The summed E-state index contributed by atoms with van der Waals surface area (Å²) in [5.41, 5.74) is 1.41. The van der Waals surface area contributed by atoms with E-state index in [0.29, 0.717) is 5.38 Å². The highest BCUT2D eigenvalue weighted by molar-refractivity contribution is 7.09. The normalized spacial score (nSPS) is 26.1. The molecule has 0 spiro atoms.